The molecule has 38 heavy (non-hydrogen) atoms. The molecule has 4 rings (SSSR count). The number of hydrogen-bond donors (Lipinski definition) is 2. The van der Waals surface area contributed by atoms with Crippen LogP contribution in [0.1, 0.15) is 22.3 Å². The van der Waals surface area contributed by atoms with E-state index in [-0.39, 0.29) is 24.8 Å². The summed E-state index contributed by atoms with van der Waals surface area (Å²) in [5.41, 5.74) is 1.03. The van der Waals surface area contributed by atoms with E-state index < -0.39 is 29.0 Å². The number of benzene rings is 2. The van der Waals surface area contributed by atoms with Gasteiger partial charge >= 0.3 is 0 Å². The summed E-state index contributed by atoms with van der Waals surface area (Å²) >= 11 is 2.39. The molecule has 1 fully saturated rings. The topological polar surface area (TPSA) is 123 Å². The van der Waals surface area contributed by atoms with E-state index in [2.05, 4.69) is 10.6 Å². The molecule has 4 amide bonds. The van der Waals surface area contributed by atoms with Gasteiger partial charge in [0.2, 0.25) is 12.7 Å². The first kappa shape index (κ1) is 27.4. The Bertz CT molecular complexity index is 1270. The standard InChI is InChI=1S/C26H27N3O7S2/c1-34-19-6-4-3-5-17(19)23(30)28-18(9-12-37-2)24(31)27-10-11-29-25(32)22(38-26(29)33)14-16-7-8-20-21(13-16)36-15-35-20/h3-8,13-14,18H,9-12,15H2,1-2H3,(H,27,31)(H,28,30). The maximum atomic E-state index is 12.9. The Morgan fingerprint density at radius 3 is 2.76 bits per heavy atom. The Hall–Kier alpha value is -3.64. The van der Waals surface area contributed by atoms with Crippen LogP contribution in [0.15, 0.2) is 47.4 Å². The number of rotatable bonds is 11. The molecule has 0 spiro atoms. The van der Waals surface area contributed by atoms with E-state index in [9.17, 15) is 19.2 Å². The first-order valence-electron chi connectivity index (χ1n) is 11.8. The molecule has 2 aromatic rings. The number of hydrogen-bond acceptors (Lipinski definition) is 9. The van der Waals surface area contributed by atoms with Crippen molar-refractivity contribution in [1.82, 2.24) is 15.5 Å². The predicted octanol–water partition coefficient (Wildman–Crippen LogP) is 3.13. The van der Waals surface area contributed by atoms with Gasteiger partial charge in [0.05, 0.1) is 17.6 Å². The number of carbonyl (C=O) groups is 4. The normalized spacial score (nSPS) is 16.1. The van der Waals surface area contributed by atoms with Crippen molar-refractivity contribution in [2.24, 2.45) is 0 Å². The van der Waals surface area contributed by atoms with Crippen molar-refractivity contribution in [3.8, 4) is 17.2 Å². The van der Waals surface area contributed by atoms with Crippen molar-refractivity contribution in [1.29, 1.82) is 0 Å². The highest BCUT2D eigenvalue weighted by molar-refractivity contribution is 8.18. The highest BCUT2D eigenvalue weighted by Gasteiger charge is 2.35. The molecular weight excluding hydrogens is 530 g/mol. The van der Waals surface area contributed by atoms with Gasteiger partial charge in [-0.15, -0.1) is 0 Å². The Morgan fingerprint density at radius 1 is 1.18 bits per heavy atom. The van der Waals surface area contributed by atoms with Crippen LogP contribution in [0, 0.1) is 0 Å². The van der Waals surface area contributed by atoms with Crippen LogP contribution in [0.5, 0.6) is 17.2 Å². The zero-order valence-corrected chi connectivity index (χ0v) is 22.5. The smallest absolute Gasteiger partial charge is 0.293 e. The molecule has 0 aliphatic carbocycles. The van der Waals surface area contributed by atoms with E-state index in [0.717, 1.165) is 16.7 Å². The van der Waals surface area contributed by atoms with E-state index in [1.807, 2.05) is 6.26 Å². The third kappa shape index (κ3) is 6.43. The van der Waals surface area contributed by atoms with Gasteiger partial charge in [-0.1, -0.05) is 18.2 Å². The maximum Gasteiger partial charge on any atom is 0.293 e. The number of fused-ring (bicyclic) bond motifs is 1. The molecule has 2 N–H and O–H groups in total. The monoisotopic (exact) mass is 557 g/mol. The Kier molecular flexibility index (Phi) is 9.19. The molecule has 2 aliphatic heterocycles. The second-order valence-electron chi connectivity index (χ2n) is 8.24. The zero-order chi connectivity index (χ0) is 27.1. The number of nitrogens with zero attached hydrogens (tertiary/aromatic N) is 1. The molecule has 1 saturated heterocycles. The summed E-state index contributed by atoms with van der Waals surface area (Å²) in [6.07, 6.45) is 3.94. The van der Waals surface area contributed by atoms with Crippen molar-refractivity contribution in [3.63, 3.8) is 0 Å². The number of carbonyl (C=O) groups excluding carboxylic acids is 4. The summed E-state index contributed by atoms with van der Waals surface area (Å²) in [4.78, 5) is 52.4. The van der Waals surface area contributed by atoms with Gasteiger partial charge in [-0.2, -0.15) is 11.8 Å². The van der Waals surface area contributed by atoms with Crippen molar-refractivity contribution in [2.75, 3.05) is 39.0 Å². The third-order valence-electron chi connectivity index (χ3n) is 5.79. The van der Waals surface area contributed by atoms with Gasteiger partial charge in [0.15, 0.2) is 11.5 Å². The number of methoxy groups -OCH3 is 1. The molecular formula is C26H27N3O7S2. The maximum absolute atomic E-state index is 12.9. The van der Waals surface area contributed by atoms with Gasteiger partial charge in [0.1, 0.15) is 11.8 Å². The lowest BCUT2D eigenvalue weighted by Gasteiger charge is -2.20. The molecule has 200 valence electrons. The number of para-hydroxylation sites is 1. The van der Waals surface area contributed by atoms with Crippen LogP contribution >= 0.6 is 23.5 Å². The minimum absolute atomic E-state index is 0.00455. The quantitative estimate of drug-likeness (QED) is 0.401. The molecule has 12 heteroatoms. The van der Waals surface area contributed by atoms with Crippen LogP contribution in [0.25, 0.3) is 6.08 Å². The van der Waals surface area contributed by atoms with Crippen molar-refractivity contribution in [2.45, 2.75) is 12.5 Å². The summed E-state index contributed by atoms with van der Waals surface area (Å²) in [6, 6.07) is 11.2. The van der Waals surface area contributed by atoms with Crippen molar-refractivity contribution in [3.05, 3.63) is 58.5 Å². The molecule has 0 aromatic heterocycles. The first-order valence-corrected chi connectivity index (χ1v) is 14.0. The van der Waals surface area contributed by atoms with Gasteiger partial charge in [0, 0.05) is 13.1 Å². The SMILES string of the molecule is COc1ccccc1C(=O)NC(CCSC)C(=O)NCCN1C(=O)SC(=Cc2ccc3c(c2)OCO3)C1=O. The molecule has 0 radical (unpaired) electrons. The molecule has 10 nitrogen and oxygen atoms in total. The average molecular weight is 558 g/mol. The summed E-state index contributed by atoms with van der Waals surface area (Å²) in [7, 11) is 1.47. The largest absolute Gasteiger partial charge is 0.496 e. The fourth-order valence-corrected chi connectivity index (χ4v) is 5.17. The fraction of sp³-hybridized carbons (Fsp3) is 0.308. The lowest BCUT2D eigenvalue weighted by molar-refractivity contribution is -0.125. The van der Waals surface area contributed by atoms with Gasteiger partial charge < -0.3 is 24.8 Å². The van der Waals surface area contributed by atoms with Gasteiger partial charge in [-0.25, -0.2) is 0 Å². The molecule has 2 aromatic carbocycles. The number of nitrogens with one attached hydrogen (secondary N) is 2. The summed E-state index contributed by atoms with van der Waals surface area (Å²) < 4.78 is 15.9. The number of ether oxygens (including phenoxy) is 3. The van der Waals surface area contributed by atoms with Crippen LogP contribution in [0.4, 0.5) is 4.79 Å². The summed E-state index contributed by atoms with van der Waals surface area (Å²) in [6.45, 7) is 0.197. The molecule has 2 aliphatic rings. The van der Waals surface area contributed by atoms with E-state index in [1.165, 1.54) is 7.11 Å². The van der Waals surface area contributed by atoms with Crippen LogP contribution in [0.2, 0.25) is 0 Å². The van der Waals surface area contributed by atoms with Crippen LogP contribution < -0.4 is 24.8 Å². The van der Waals surface area contributed by atoms with E-state index in [1.54, 1.807) is 60.3 Å². The zero-order valence-electron chi connectivity index (χ0n) is 20.9. The Labute approximate surface area is 228 Å². The van der Waals surface area contributed by atoms with Crippen LogP contribution in [-0.4, -0.2) is 72.9 Å². The van der Waals surface area contributed by atoms with Gasteiger partial charge in [-0.3, -0.25) is 24.1 Å². The minimum Gasteiger partial charge on any atom is -0.496 e. The van der Waals surface area contributed by atoms with Gasteiger partial charge in [0.25, 0.3) is 17.1 Å². The first-order chi connectivity index (χ1) is 18.4. The van der Waals surface area contributed by atoms with E-state index >= 15 is 0 Å². The third-order valence-corrected chi connectivity index (χ3v) is 7.34. The van der Waals surface area contributed by atoms with E-state index in [0.29, 0.717) is 40.5 Å². The molecule has 1 atom stereocenters. The Morgan fingerprint density at radius 2 is 1.97 bits per heavy atom. The number of amides is 4. The van der Waals surface area contributed by atoms with Crippen LogP contribution in [-0.2, 0) is 9.59 Å². The summed E-state index contributed by atoms with van der Waals surface area (Å²) in [5, 5.41) is 5.09. The highest BCUT2D eigenvalue weighted by Crippen LogP contribution is 2.36. The predicted molar refractivity (Wildman–Crippen MR) is 145 cm³/mol. The lowest BCUT2D eigenvalue weighted by Crippen LogP contribution is -2.48. The number of thioether (sulfide) groups is 2. The summed E-state index contributed by atoms with van der Waals surface area (Å²) in [5.74, 6) is 0.999. The second-order valence-corrected chi connectivity index (χ2v) is 10.2. The minimum atomic E-state index is -0.791. The van der Waals surface area contributed by atoms with Crippen LogP contribution in [0.3, 0.4) is 0 Å². The fourth-order valence-electron chi connectivity index (χ4n) is 3.83. The average Bonchev–Trinajstić information content (AvgIpc) is 3.50. The molecule has 1 unspecified atom stereocenters. The lowest BCUT2D eigenvalue weighted by atomic mass is 10.1. The highest BCUT2D eigenvalue weighted by atomic mass is 32.2. The second kappa shape index (κ2) is 12.7. The molecule has 2 heterocycles. The molecule has 0 saturated carbocycles. The number of imide groups is 1. The van der Waals surface area contributed by atoms with Gasteiger partial charge in [-0.05, 0) is 66.1 Å². The Balaban J connectivity index is 1.34. The van der Waals surface area contributed by atoms with Crippen molar-refractivity contribution < 1.29 is 33.4 Å². The molecule has 0 bridgehead atoms. The van der Waals surface area contributed by atoms with Crippen molar-refractivity contribution >= 4 is 52.6 Å². The van der Waals surface area contributed by atoms with E-state index in [4.69, 9.17) is 14.2 Å².